The van der Waals surface area contributed by atoms with Gasteiger partial charge < -0.3 is 9.84 Å². The van der Waals surface area contributed by atoms with E-state index < -0.39 is 5.97 Å². The van der Waals surface area contributed by atoms with E-state index in [2.05, 4.69) is 34.7 Å². The van der Waals surface area contributed by atoms with Crippen LogP contribution in [0, 0.1) is 0 Å². The number of nitrogens with zero attached hydrogens (tertiary/aromatic N) is 1. The second-order valence-corrected chi connectivity index (χ2v) is 5.49. The van der Waals surface area contributed by atoms with E-state index in [0.717, 1.165) is 16.8 Å². The van der Waals surface area contributed by atoms with Crippen molar-refractivity contribution in [2.75, 3.05) is 19.7 Å². The molecule has 0 amide bonds. The Morgan fingerprint density at radius 2 is 1.95 bits per heavy atom. The van der Waals surface area contributed by atoms with Gasteiger partial charge in [-0.15, -0.1) is 0 Å². The summed E-state index contributed by atoms with van der Waals surface area (Å²) in [5.74, 6) is 0.0598. The number of carbonyl (C=O) groups is 1. The van der Waals surface area contributed by atoms with Gasteiger partial charge in [-0.05, 0) is 38.1 Å². The summed E-state index contributed by atoms with van der Waals surface area (Å²) in [5, 5.41) is 8.71. The molecule has 0 aliphatic carbocycles. The molecule has 0 aromatic heterocycles. The van der Waals surface area contributed by atoms with Crippen molar-refractivity contribution in [3.8, 4) is 5.75 Å². The summed E-state index contributed by atoms with van der Waals surface area (Å²) in [4.78, 5) is 12.7. The van der Waals surface area contributed by atoms with Crippen LogP contribution in [0.1, 0.15) is 20.3 Å². The van der Waals surface area contributed by atoms with E-state index in [1.807, 2.05) is 24.3 Å². The minimum absolute atomic E-state index is 0.163. The zero-order chi connectivity index (χ0) is 14.3. The van der Waals surface area contributed by atoms with E-state index in [-0.39, 0.29) is 6.42 Å². The zero-order valence-corrected chi connectivity index (χ0v) is 12.9. The van der Waals surface area contributed by atoms with Crippen molar-refractivity contribution in [1.29, 1.82) is 0 Å². The predicted octanol–water partition coefficient (Wildman–Crippen LogP) is 3.01. The van der Waals surface area contributed by atoms with Gasteiger partial charge in [0.1, 0.15) is 12.4 Å². The number of hydrogen-bond donors (Lipinski definition) is 1. The maximum Gasteiger partial charge on any atom is 0.304 e. The molecule has 0 aliphatic heterocycles. The van der Waals surface area contributed by atoms with Crippen LogP contribution >= 0.6 is 15.9 Å². The molecule has 5 heteroatoms. The predicted molar refractivity (Wildman–Crippen MR) is 78.6 cm³/mol. The van der Waals surface area contributed by atoms with Gasteiger partial charge in [-0.2, -0.15) is 0 Å². The van der Waals surface area contributed by atoms with Crippen LogP contribution in [0.2, 0.25) is 0 Å². The van der Waals surface area contributed by atoms with E-state index in [4.69, 9.17) is 9.84 Å². The second kappa shape index (κ2) is 8.17. The molecule has 0 saturated heterocycles. The minimum atomic E-state index is -0.764. The summed E-state index contributed by atoms with van der Waals surface area (Å²) in [7, 11) is 0. The highest BCUT2D eigenvalue weighted by Gasteiger charge is 2.11. The number of hydrogen-bond acceptors (Lipinski definition) is 3. The first-order valence-corrected chi connectivity index (χ1v) is 7.12. The van der Waals surface area contributed by atoms with Crippen LogP contribution in [0.15, 0.2) is 28.7 Å². The summed E-state index contributed by atoms with van der Waals surface area (Å²) in [6.07, 6.45) is 0.163. The van der Waals surface area contributed by atoms with E-state index >= 15 is 0 Å². The van der Waals surface area contributed by atoms with Crippen LogP contribution < -0.4 is 4.74 Å². The molecule has 0 bridgehead atoms. The maximum absolute atomic E-state index is 10.6. The Balaban J connectivity index is 2.35. The maximum atomic E-state index is 10.6. The highest BCUT2D eigenvalue weighted by molar-refractivity contribution is 9.10. The van der Waals surface area contributed by atoms with Gasteiger partial charge >= 0.3 is 5.97 Å². The van der Waals surface area contributed by atoms with Crippen molar-refractivity contribution in [2.24, 2.45) is 0 Å². The molecule has 1 rings (SSSR count). The molecular formula is C14H20BrNO3. The van der Waals surface area contributed by atoms with Crippen molar-refractivity contribution in [3.63, 3.8) is 0 Å². The highest BCUT2D eigenvalue weighted by atomic mass is 79.9. The molecule has 0 saturated carbocycles. The van der Waals surface area contributed by atoms with Crippen molar-refractivity contribution >= 4 is 21.9 Å². The third-order valence-corrected chi connectivity index (χ3v) is 3.33. The lowest BCUT2D eigenvalue weighted by Crippen LogP contribution is -2.36. The summed E-state index contributed by atoms with van der Waals surface area (Å²) < 4.78 is 6.66. The third-order valence-electron chi connectivity index (χ3n) is 2.80. The number of carboxylic acids is 1. The molecule has 0 heterocycles. The van der Waals surface area contributed by atoms with E-state index in [1.165, 1.54) is 0 Å². The smallest absolute Gasteiger partial charge is 0.304 e. The fraction of sp³-hybridized carbons (Fsp3) is 0.500. The van der Waals surface area contributed by atoms with Crippen LogP contribution in [0.3, 0.4) is 0 Å². The minimum Gasteiger partial charge on any atom is -0.492 e. The molecule has 106 valence electrons. The van der Waals surface area contributed by atoms with Crippen LogP contribution in [0.5, 0.6) is 5.75 Å². The van der Waals surface area contributed by atoms with Crippen LogP contribution in [0.25, 0.3) is 0 Å². The largest absolute Gasteiger partial charge is 0.492 e. The Kier molecular flexibility index (Phi) is 6.87. The first-order valence-electron chi connectivity index (χ1n) is 6.33. The number of benzene rings is 1. The lowest BCUT2D eigenvalue weighted by molar-refractivity contribution is -0.137. The van der Waals surface area contributed by atoms with E-state index in [9.17, 15) is 4.79 Å². The molecule has 1 N–H and O–H groups in total. The molecule has 19 heavy (non-hydrogen) atoms. The standard InChI is InChI=1S/C14H20BrNO3/c1-11(2)16(8-7-14(17)18)9-10-19-13-5-3-12(15)4-6-13/h3-6,11H,7-10H2,1-2H3,(H,17,18). The molecule has 1 aromatic carbocycles. The Labute approximate surface area is 122 Å². The van der Waals surface area contributed by atoms with Gasteiger partial charge in [0.25, 0.3) is 0 Å². The topological polar surface area (TPSA) is 49.8 Å². The average Bonchev–Trinajstić information content (AvgIpc) is 2.35. The Morgan fingerprint density at radius 3 is 2.47 bits per heavy atom. The fourth-order valence-electron chi connectivity index (χ4n) is 1.68. The van der Waals surface area contributed by atoms with Gasteiger partial charge in [0.2, 0.25) is 0 Å². The Hall–Kier alpha value is -1.07. The number of halogens is 1. The average molecular weight is 330 g/mol. The van der Waals surface area contributed by atoms with Crippen molar-refractivity contribution in [1.82, 2.24) is 4.90 Å². The Morgan fingerprint density at radius 1 is 1.32 bits per heavy atom. The van der Waals surface area contributed by atoms with Gasteiger partial charge in [-0.25, -0.2) is 0 Å². The van der Waals surface area contributed by atoms with Crippen molar-refractivity contribution in [2.45, 2.75) is 26.3 Å². The lowest BCUT2D eigenvalue weighted by atomic mass is 10.3. The van der Waals surface area contributed by atoms with Crippen LogP contribution in [-0.4, -0.2) is 41.7 Å². The number of aliphatic carboxylic acids is 1. The summed E-state index contributed by atoms with van der Waals surface area (Å²) >= 11 is 3.37. The van der Waals surface area contributed by atoms with Crippen molar-refractivity contribution < 1.29 is 14.6 Å². The van der Waals surface area contributed by atoms with E-state index in [0.29, 0.717) is 19.2 Å². The lowest BCUT2D eigenvalue weighted by Gasteiger charge is -2.25. The van der Waals surface area contributed by atoms with Gasteiger partial charge in [0.05, 0.1) is 6.42 Å². The molecule has 0 fully saturated rings. The highest BCUT2D eigenvalue weighted by Crippen LogP contribution is 2.16. The molecule has 0 radical (unpaired) electrons. The summed E-state index contributed by atoms with van der Waals surface area (Å²) in [5.41, 5.74) is 0. The molecular weight excluding hydrogens is 310 g/mol. The normalized spacial score (nSPS) is 11.0. The van der Waals surface area contributed by atoms with Gasteiger partial charge in [0, 0.05) is 23.6 Å². The summed E-state index contributed by atoms with van der Waals surface area (Å²) in [6.45, 7) is 5.94. The van der Waals surface area contributed by atoms with Gasteiger partial charge in [-0.3, -0.25) is 9.69 Å². The third kappa shape index (κ3) is 6.59. The molecule has 1 aromatic rings. The quantitative estimate of drug-likeness (QED) is 0.796. The first-order chi connectivity index (χ1) is 8.99. The Bertz CT molecular complexity index is 392. The first kappa shape index (κ1) is 16.0. The number of rotatable bonds is 8. The van der Waals surface area contributed by atoms with Gasteiger partial charge in [-0.1, -0.05) is 15.9 Å². The van der Waals surface area contributed by atoms with Crippen molar-refractivity contribution in [3.05, 3.63) is 28.7 Å². The second-order valence-electron chi connectivity index (χ2n) is 4.58. The van der Waals surface area contributed by atoms with Crippen LogP contribution in [-0.2, 0) is 4.79 Å². The fourth-order valence-corrected chi connectivity index (χ4v) is 1.94. The number of carboxylic acid groups (broad SMARTS) is 1. The molecule has 0 aliphatic rings. The molecule has 0 atom stereocenters. The molecule has 0 spiro atoms. The SMILES string of the molecule is CC(C)N(CCOc1ccc(Br)cc1)CCC(=O)O. The zero-order valence-electron chi connectivity index (χ0n) is 11.3. The molecule has 0 unspecified atom stereocenters. The molecule has 4 nitrogen and oxygen atoms in total. The van der Waals surface area contributed by atoms with E-state index in [1.54, 1.807) is 0 Å². The van der Waals surface area contributed by atoms with Crippen LogP contribution in [0.4, 0.5) is 0 Å². The van der Waals surface area contributed by atoms with Gasteiger partial charge in [0.15, 0.2) is 0 Å². The monoisotopic (exact) mass is 329 g/mol. The summed E-state index contributed by atoms with van der Waals surface area (Å²) in [6, 6.07) is 7.98. The number of ether oxygens (including phenoxy) is 1.